The van der Waals surface area contributed by atoms with Crippen LogP contribution in [0.5, 0.6) is 0 Å². The number of anilines is 2. The number of carbonyl (C=O) groups is 1. The van der Waals surface area contributed by atoms with E-state index in [2.05, 4.69) is 11.1 Å². The molecule has 1 atom stereocenters. The molecule has 0 aromatic carbocycles. The van der Waals surface area contributed by atoms with Crippen LogP contribution in [0.4, 0.5) is 11.5 Å². The van der Waals surface area contributed by atoms with Crippen LogP contribution < -0.4 is 10.6 Å². The average molecular weight is 248 g/mol. The predicted octanol–water partition coefficient (Wildman–Crippen LogP) is 1.35. The molecule has 1 aromatic heterocycles. The highest BCUT2D eigenvalue weighted by atomic mass is 16.4. The van der Waals surface area contributed by atoms with E-state index in [1.165, 1.54) is 12.1 Å². The van der Waals surface area contributed by atoms with E-state index >= 15 is 0 Å². The number of carboxylic acids is 1. The van der Waals surface area contributed by atoms with Gasteiger partial charge in [-0.05, 0) is 26.0 Å². The van der Waals surface area contributed by atoms with Crippen molar-refractivity contribution < 1.29 is 9.90 Å². The van der Waals surface area contributed by atoms with E-state index in [0.29, 0.717) is 24.6 Å². The van der Waals surface area contributed by atoms with Gasteiger partial charge in [0.2, 0.25) is 0 Å². The van der Waals surface area contributed by atoms with E-state index < -0.39 is 5.97 Å². The molecule has 6 heteroatoms. The second kappa shape index (κ2) is 5.87. The zero-order chi connectivity index (χ0) is 13.7. The van der Waals surface area contributed by atoms with Gasteiger partial charge in [0.15, 0.2) is 11.5 Å². The van der Waals surface area contributed by atoms with Gasteiger partial charge in [0, 0.05) is 13.1 Å². The van der Waals surface area contributed by atoms with Gasteiger partial charge >= 0.3 is 5.97 Å². The Morgan fingerprint density at radius 2 is 2.33 bits per heavy atom. The van der Waals surface area contributed by atoms with Crippen molar-refractivity contribution in [2.75, 3.05) is 23.7 Å². The molecule has 1 heterocycles. The van der Waals surface area contributed by atoms with Gasteiger partial charge in [-0.2, -0.15) is 5.26 Å². The molecule has 1 unspecified atom stereocenters. The molecule has 0 aliphatic rings. The normalized spacial score (nSPS) is 11.6. The summed E-state index contributed by atoms with van der Waals surface area (Å²) in [7, 11) is 0. The minimum Gasteiger partial charge on any atom is -0.477 e. The quantitative estimate of drug-likeness (QED) is 0.815. The molecular formula is C12H16N4O2. The highest BCUT2D eigenvalue weighted by molar-refractivity contribution is 5.87. The van der Waals surface area contributed by atoms with Crippen LogP contribution in [0.3, 0.4) is 0 Å². The van der Waals surface area contributed by atoms with Crippen LogP contribution in [-0.4, -0.2) is 29.1 Å². The molecule has 0 aliphatic heterocycles. The summed E-state index contributed by atoms with van der Waals surface area (Å²) in [6, 6.07) is 5.01. The SMILES string of the molecule is CCN(CC(C)C#N)c1nc(C(=O)O)ccc1N. The van der Waals surface area contributed by atoms with E-state index in [-0.39, 0.29) is 11.6 Å². The largest absolute Gasteiger partial charge is 0.477 e. The van der Waals surface area contributed by atoms with Crippen molar-refractivity contribution in [1.82, 2.24) is 4.98 Å². The standard InChI is InChI=1S/C12H16N4O2/c1-3-16(7-8(2)6-13)11-9(14)4-5-10(15-11)12(17)18/h4-5,8H,3,7,14H2,1-2H3,(H,17,18). The number of nitrogens with zero attached hydrogens (tertiary/aromatic N) is 3. The molecule has 1 rings (SSSR count). The highest BCUT2D eigenvalue weighted by Gasteiger charge is 2.15. The Kier molecular flexibility index (Phi) is 4.49. The van der Waals surface area contributed by atoms with Gasteiger partial charge in [0.1, 0.15) is 0 Å². The average Bonchev–Trinajstić information content (AvgIpc) is 2.36. The second-order valence-corrected chi connectivity index (χ2v) is 3.98. The van der Waals surface area contributed by atoms with E-state index in [9.17, 15) is 4.79 Å². The lowest BCUT2D eigenvalue weighted by atomic mass is 10.2. The van der Waals surface area contributed by atoms with Crippen molar-refractivity contribution in [2.45, 2.75) is 13.8 Å². The molecule has 1 aromatic rings. The number of nitrogens with two attached hydrogens (primary N) is 1. The summed E-state index contributed by atoms with van der Waals surface area (Å²) in [6.45, 7) is 4.76. The van der Waals surface area contributed by atoms with E-state index in [1.54, 1.807) is 11.8 Å². The molecule has 0 saturated heterocycles. The van der Waals surface area contributed by atoms with E-state index in [4.69, 9.17) is 16.1 Å². The Morgan fingerprint density at radius 1 is 1.67 bits per heavy atom. The molecule has 3 N–H and O–H groups in total. The number of rotatable bonds is 5. The van der Waals surface area contributed by atoms with Crippen LogP contribution in [0.15, 0.2) is 12.1 Å². The third-order valence-electron chi connectivity index (χ3n) is 2.52. The van der Waals surface area contributed by atoms with Crippen molar-refractivity contribution in [3.05, 3.63) is 17.8 Å². The predicted molar refractivity (Wildman–Crippen MR) is 68.3 cm³/mol. The lowest BCUT2D eigenvalue weighted by Crippen LogP contribution is -2.29. The summed E-state index contributed by atoms with van der Waals surface area (Å²) in [5, 5.41) is 17.7. The summed E-state index contributed by atoms with van der Waals surface area (Å²) in [5.74, 6) is -0.861. The maximum absolute atomic E-state index is 10.9. The number of pyridine rings is 1. The molecule has 0 saturated carbocycles. The van der Waals surface area contributed by atoms with Gasteiger partial charge in [-0.15, -0.1) is 0 Å². The smallest absolute Gasteiger partial charge is 0.354 e. The lowest BCUT2D eigenvalue weighted by molar-refractivity contribution is 0.0690. The molecule has 0 amide bonds. The van der Waals surface area contributed by atoms with Gasteiger partial charge in [-0.25, -0.2) is 9.78 Å². The fourth-order valence-corrected chi connectivity index (χ4v) is 1.57. The maximum atomic E-state index is 10.9. The Labute approximate surface area is 106 Å². The topological polar surface area (TPSA) is 103 Å². The first kappa shape index (κ1) is 13.8. The van der Waals surface area contributed by atoms with Crippen LogP contribution in [0.2, 0.25) is 0 Å². The van der Waals surface area contributed by atoms with Gasteiger partial charge in [0.25, 0.3) is 0 Å². The Bertz CT molecular complexity index is 481. The maximum Gasteiger partial charge on any atom is 0.354 e. The summed E-state index contributed by atoms with van der Waals surface area (Å²) in [4.78, 5) is 16.7. The van der Waals surface area contributed by atoms with Crippen LogP contribution in [-0.2, 0) is 0 Å². The molecule has 6 nitrogen and oxygen atoms in total. The minimum atomic E-state index is -1.10. The molecule has 0 radical (unpaired) electrons. The van der Waals surface area contributed by atoms with Crippen molar-refractivity contribution in [3.8, 4) is 6.07 Å². The highest BCUT2D eigenvalue weighted by Crippen LogP contribution is 2.21. The molecule has 0 bridgehead atoms. The van der Waals surface area contributed by atoms with Gasteiger partial charge < -0.3 is 15.7 Å². The van der Waals surface area contributed by atoms with Crippen LogP contribution >= 0.6 is 0 Å². The van der Waals surface area contributed by atoms with Gasteiger partial charge in [-0.3, -0.25) is 0 Å². The Balaban J connectivity index is 3.08. The number of hydrogen-bond acceptors (Lipinski definition) is 5. The van der Waals surface area contributed by atoms with E-state index in [0.717, 1.165) is 0 Å². The molecule has 18 heavy (non-hydrogen) atoms. The minimum absolute atomic E-state index is 0.0535. The first-order valence-electron chi connectivity index (χ1n) is 5.64. The fraction of sp³-hybridized carbons (Fsp3) is 0.417. The zero-order valence-corrected chi connectivity index (χ0v) is 10.4. The lowest BCUT2D eigenvalue weighted by Gasteiger charge is -2.24. The van der Waals surface area contributed by atoms with E-state index in [1.807, 2.05) is 6.92 Å². The number of aromatic carboxylic acids is 1. The number of nitriles is 1. The molecule has 96 valence electrons. The van der Waals surface area contributed by atoms with Crippen LogP contribution in [0.1, 0.15) is 24.3 Å². The number of hydrogen-bond donors (Lipinski definition) is 2. The monoisotopic (exact) mass is 248 g/mol. The molecular weight excluding hydrogens is 232 g/mol. The second-order valence-electron chi connectivity index (χ2n) is 3.98. The van der Waals surface area contributed by atoms with Crippen LogP contribution in [0, 0.1) is 17.2 Å². The molecule has 0 aliphatic carbocycles. The summed E-state index contributed by atoms with van der Waals surface area (Å²) in [5.41, 5.74) is 6.16. The Morgan fingerprint density at radius 3 is 2.83 bits per heavy atom. The van der Waals surface area contributed by atoms with Crippen molar-refractivity contribution >= 4 is 17.5 Å². The van der Waals surface area contributed by atoms with Crippen molar-refractivity contribution in [2.24, 2.45) is 5.92 Å². The third-order valence-corrected chi connectivity index (χ3v) is 2.52. The van der Waals surface area contributed by atoms with Crippen molar-refractivity contribution in [1.29, 1.82) is 5.26 Å². The van der Waals surface area contributed by atoms with Crippen LogP contribution in [0.25, 0.3) is 0 Å². The number of aromatic nitrogens is 1. The Hall–Kier alpha value is -2.29. The summed E-state index contributed by atoms with van der Waals surface area (Å²) < 4.78 is 0. The third kappa shape index (κ3) is 3.10. The first-order valence-corrected chi connectivity index (χ1v) is 5.64. The van der Waals surface area contributed by atoms with Gasteiger partial charge in [-0.1, -0.05) is 0 Å². The number of nitrogen functional groups attached to an aromatic ring is 1. The molecule has 0 spiro atoms. The summed E-state index contributed by atoms with van der Waals surface area (Å²) in [6.07, 6.45) is 0. The number of carboxylic acid groups (broad SMARTS) is 1. The molecule has 0 fully saturated rings. The van der Waals surface area contributed by atoms with Crippen molar-refractivity contribution in [3.63, 3.8) is 0 Å². The van der Waals surface area contributed by atoms with Gasteiger partial charge in [0.05, 0.1) is 17.7 Å². The fourth-order valence-electron chi connectivity index (χ4n) is 1.57. The zero-order valence-electron chi connectivity index (χ0n) is 10.4. The first-order chi connectivity index (χ1) is 8.49. The summed E-state index contributed by atoms with van der Waals surface area (Å²) >= 11 is 0.